The normalized spacial score (nSPS) is 20.2. The molecule has 4 heteroatoms. The van der Waals surface area contributed by atoms with Crippen LogP contribution in [0.25, 0.3) is 0 Å². The number of allylic oxidation sites excluding steroid dienone is 1. The van der Waals surface area contributed by atoms with Crippen molar-refractivity contribution in [3.63, 3.8) is 0 Å². The second-order valence-corrected chi connectivity index (χ2v) is 1.58. The molecule has 0 saturated carbocycles. The van der Waals surface area contributed by atoms with Gasteiger partial charge < -0.3 is 11.1 Å². The van der Waals surface area contributed by atoms with Crippen LogP contribution in [-0.4, -0.2) is 0 Å². The van der Waals surface area contributed by atoms with Gasteiger partial charge in [-0.25, -0.2) is 8.78 Å². The molecule has 0 spiro atoms. The van der Waals surface area contributed by atoms with Crippen LogP contribution >= 0.6 is 0 Å². The van der Waals surface area contributed by atoms with Gasteiger partial charge in [0.05, 0.1) is 5.70 Å². The van der Waals surface area contributed by atoms with Crippen molar-refractivity contribution in [3.05, 3.63) is 30.1 Å². The minimum Gasteiger partial charge on any atom is -0.395 e. The molecule has 0 saturated heterocycles. The van der Waals surface area contributed by atoms with Gasteiger partial charge in [0.25, 0.3) is 6.30 Å². The zero-order valence-electron chi connectivity index (χ0n) is 4.49. The lowest BCUT2D eigenvalue weighted by Gasteiger charge is -2.08. The highest BCUT2D eigenvalue weighted by molar-refractivity contribution is 5.29. The molecule has 1 radical (unpaired) electrons. The van der Waals surface area contributed by atoms with Gasteiger partial charge in [-0.05, 0) is 0 Å². The molecule has 1 aliphatic heterocycles. The third-order valence-electron chi connectivity index (χ3n) is 0.895. The minimum atomic E-state index is -0.744. The van der Waals surface area contributed by atoms with Gasteiger partial charge in [-0.3, -0.25) is 0 Å². The Morgan fingerprint density at radius 1 is 1.44 bits per heavy atom. The number of halogens is 2. The smallest absolute Gasteiger partial charge is 0.259 e. The van der Waals surface area contributed by atoms with Crippen LogP contribution in [0.3, 0.4) is 0 Å². The predicted molar refractivity (Wildman–Crippen MR) is 28.9 cm³/mol. The van der Waals surface area contributed by atoms with Crippen LogP contribution in [0.2, 0.25) is 0 Å². The molecule has 1 heterocycles. The van der Waals surface area contributed by atoms with E-state index in [1.165, 1.54) is 0 Å². The Kier molecular flexibility index (Phi) is 1.38. The fraction of sp³-hybridized carbons (Fsp3) is 0. The summed E-state index contributed by atoms with van der Waals surface area (Å²) in [6.45, 7) is 0. The van der Waals surface area contributed by atoms with Crippen LogP contribution in [0.15, 0.2) is 23.8 Å². The average Bonchev–Trinajstić information content (AvgIpc) is 1.80. The Hall–Kier alpha value is -1.06. The highest BCUT2D eigenvalue weighted by Gasteiger charge is 2.11. The summed E-state index contributed by atoms with van der Waals surface area (Å²) >= 11 is 0. The van der Waals surface area contributed by atoms with Crippen molar-refractivity contribution in [2.45, 2.75) is 0 Å². The van der Waals surface area contributed by atoms with E-state index in [1.807, 2.05) is 0 Å². The Bertz CT molecular complexity index is 174. The molecule has 0 fully saturated rings. The first-order valence-electron chi connectivity index (χ1n) is 2.32. The average molecular weight is 131 g/mol. The van der Waals surface area contributed by atoms with Gasteiger partial charge in [0, 0.05) is 12.3 Å². The number of dihydropyridines is 1. The number of nitrogens with two attached hydrogens (primary N) is 1. The summed E-state index contributed by atoms with van der Waals surface area (Å²) < 4.78 is 24.2. The van der Waals surface area contributed by atoms with E-state index in [4.69, 9.17) is 5.73 Å². The maximum atomic E-state index is 12.2. The van der Waals surface area contributed by atoms with E-state index < -0.39 is 12.1 Å². The molecular weight excluding hydrogens is 126 g/mol. The zero-order chi connectivity index (χ0) is 6.85. The third-order valence-corrected chi connectivity index (χ3v) is 0.895. The van der Waals surface area contributed by atoms with Crippen molar-refractivity contribution in [1.29, 1.82) is 0 Å². The Balaban J connectivity index is 2.75. The molecule has 1 aliphatic rings. The molecule has 0 amide bonds. The molecule has 0 aliphatic carbocycles. The molecule has 2 nitrogen and oxygen atoms in total. The van der Waals surface area contributed by atoms with Crippen molar-refractivity contribution >= 4 is 0 Å². The first-order chi connectivity index (χ1) is 4.20. The van der Waals surface area contributed by atoms with Gasteiger partial charge in [-0.1, -0.05) is 0 Å². The van der Waals surface area contributed by atoms with Crippen LogP contribution in [-0.2, 0) is 0 Å². The van der Waals surface area contributed by atoms with Crippen molar-refractivity contribution < 1.29 is 8.78 Å². The second-order valence-electron chi connectivity index (χ2n) is 1.58. The van der Waals surface area contributed by atoms with Crippen LogP contribution in [0.4, 0.5) is 8.78 Å². The number of hydrogen-bond acceptors (Lipinski definition) is 2. The lowest BCUT2D eigenvalue weighted by atomic mass is 10.3. The van der Waals surface area contributed by atoms with E-state index in [-0.39, 0.29) is 5.70 Å². The standard InChI is InChI=1S/C5H5F2N2/c6-3-1-5(7)9-2-4(3)8/h1-2,9H,8H2. The predicted octanol–water partition coefficient (Wildman–Crippen LogP) is 0.702. The highest BCUT2D eigenvalue weighted by Crippen LogP contribution is 2.14. The molecule has 1 rings (SSSR count). The Morgan fingerprint density at radius 3 is 2.56 bits per heavy atom. The summed E-state index contributed by atoms with van der Waals surface area (Å²) in [5, 5.41) is 2.11. The quantitative estimate of drug-likeness (QED) is 0.475. The molecular formula is C5H5F2N2. The summed E-state index contributed by atoms with van der Waals surface area (Å²) in [5.74, 6) is -0.744. The van der Waals surface area contributed by atoms with Gasteiger partial charge in [0.15, 0.2) is 0 Å². The van der Waals surface area contributed by atoms with E-state index in [2.05, 4.69) is 5.32 Å². The van der Waals surface area contributed by atoms with Gasteiger partial charge in [0.1, 0.15) is 5.83 Å². The Morgan fingerprint density at radius 2 is 2.11 bits per heavy atom. The van der Waals surface area contributed by atoms with Crippen molar-refractivity contribution in [3.8, 4) is 0 Å². The van der Waals surface area contributed by atoms with Crippen LogP contribution in [0, 0.1) is 6.30 Å². The van der Waals surface area contributed by atoms with Crippen molar-refractivity contribution in [2.75, 3.05) is 0 Å². The fourth-order valence-corrected chi connectivity index (χ4v) is 0.452. The summed E-state index contributed by atoms with van der Waals surface area (Å²) in [4.78, 5) is 0. The monoisotopic (exact) mass is 131 g/mol. The molecule has 0 aromatic heterocycles. The maximum absolute atomic E-state index is 12.2. The highest BCUT2D eigenvalue weighted by atomic mass is 19.1. The number of nitrogens with one attached hydrogen (secondary N) is 1. The van der Waals surface area contributed by atoms with E-state index in [0.717, 1.165) is 6.20 Å². The van der Waals surface area contributed by atoms with Gasteiger partial charge in [-0.2, -0.15) is 0 Å². The molecule has 0 aromatic rings. The minimum absolute atomic E-state index is 0.0867. The lowest BCUT2D eigenvalue weighted by molar-refractivity contribution is 0.477. The third kappa shape index (κ3) is 1.19. The summed E-state index contributed by atoms with van der Waals surface area (Å²) in [7, 11) is 0. The first-order valence-corrected chi connectivity index (χ1v) is 2.32. The van der Waals surface area contributed by atoms with E-state index in [0.29, 0.717) is 6.08 Å². The van der Waals surface area contributed by atoms with Crippen molar-refractivity contribution in [1.82, 2.24) is 5.32 Å². The number of rotatable bonds is 0. The molecule has 0 bridgehead atoms. The fourth-order valence-electron chi connectivity index (χ4n) is 0.452. The zero-order valence-corrected chi connectivity index (χ0v) is 4.49. The summed E-state index contributed by atoms with van der Waals surface area (Å²) in [6, 6.07) is 0. The van der Waals surface area contributed by atoms with Gasteiger partial charge >= 0.3 is 0 Å². The first kappa shape index (κ1) is 6.07. The van der Waals surface area contributed by atoms with Crippen LogP contribution in [0.1, 0.15) is 0 Å². The van der Waals surface area contributed by atoms with E-state index in [1.54, 1.807) is 0 Å². The maximum Gasteiger partial charge on any atom is 0.259 e. The molecule has 49 valence electrons. The van der Waals surface area contributed by atoms with Gasteiger partial charge in [-0.15, -0.1) is 0 Å². The SMILES string of the molecule is NC1=CN[C](F)C=C1F. The van der Waals surface area contributed by atoms with Gasteiger partial charge in [0.2, 0.25) is 0 Å². The summed E-state index contributed by atoms with van der Waals surface area (Å²) in [6.07, 6.45) is 1.02. The molecule has 0 aromatic carbocycles. The molecule has 0 atom stereocenters. The molecule has 0 unspecified atom stereocenters. The van der Waals surface area contributed by atoms with Crippen LogP contribution < -0.4 is 11.1 Å². The summed E-state index contributed by atoms with van der Waals surface area (Å²) in [5.41, 5.74) is 4.93. The largest absolute Gasteiger partial charge is 0.395 e. The molecule has 9 heavy (non-hydrogen) atoms. The van der Waals surface area contributed by atoms with E-state index >= 15 is 0 Å². The second kappa shape index (κ2) is 2.05. The number of hydrogen-bond donors (Lipinski definition) is 2. The molecule has 3 N–H and O–H groups in total. The van der Waals surface area contributed by atoms with Crippen LogP contribution in [0.5, 0.6) is 0 Å². The lowest BCUT2D eigenvalue weighted by Crippen LogP contribution is -2.16. The van der Waals surface area contributed by atoms with Crippen molar-refractivity contribution in [2.24, 2.45) is 5.73 Å². The topological polar surface area (TPSA) is 38.0 Å². The Labute approximate surface area is 51.0 Å². The van der Waals surface area contributed by atoms with E-state index in [9.17, 15) is 8.78 Å².